The lowest BCUT2D eigenvalue weighted by atomic mass is 10.2. The largest absolute Gasteiger partial charge is 0.490 e. The first kappa shape index (κ1) is 14.5. The molecule has 0 spiro atoms. The summed E-state index contributed by atoms with van der Waals surface area (Å²) in [5.41, 5.74) is 0.756. The van der Waals surface area contributed by atoms with Gasteiger partial charge in [-0.25, -0.2) is 0 Å². The summed E-state index contributed by atoms with van der Waals surface area (Å²) >= 11 is 5.91. The Morgan fingerprint density at radius 1 is 1.15 bits per heavy atom. The first-order chi connectivity index (χ1) is 9.60. The second kappa shape index (κ2) is 6.52. The summed E-state index contributed by atoms with van der Waals surface area (Å²) in [6.07, 6.45) is 0.0554. The molecule has 1 aromatic carbocycles. The van der Waals surface area contributed by atoms with Gasteiger partial charge in [-0.2, -0.15) is 15.0 Å². The summed E-state index contributed by atoms with van der Waals surface area (Å²) in [7, 11) is 0. The molecule has 5 nitrogen and oxygen atoms in total. The summed E-state index contributed by atoms with van der Waals surface area (Å²) in [6.45, 7) is 6.24. The molecule has 0 saturated carbocycles. The maximum absolute atomic E-state index is 5.91. The molecule has 6 heteroatoms. The van der Waals surface area contributed by atoms with Crippen LogP contribution in [0.2, 0.25) is 5.28 Å². The summed E-state index contributed by atoms with van der Waals surface area (Å²) in [6, 6.07) is 7.74. The van der Waals surface area contributed by atoms with Crippen molar-refractivity contribution in [2.24, 2.45) is 0 Å². The van der Waals surface area contributed by atoms with Crippen LogP contribution in [0.1, 0.15) is 20.8 Å². The molecule has 0 aliphatic rings. The van der Waals surface area contributed by atoms with Crippen LogP contribution in [-0.4, -0.2) is 27.7 Å². The summed E-state index contributed by atoms with van der Waals surface area (Å²) in [5.74, 6) is 1.14. The van der Waals surface area contributed by atoms with E-state index in [0.717, 1.165) is 5.56 Å². The van der Waals surface area contributed by atoms with Gasteiger partial charge in [0.25, 0.3) is 0 Å². The van der Waals surface area contributed by atoms with Crippen molar-refractivity contribution in [3.63, 3.8) is 0 Å². The van der Waals surface area contributed by atoms with E-state index < -0.39 is 0 Å². The van der Waals surface area contributed by atoms with Crippen molar-refractivity contribution in [3.05, 3.63) is 29.5 Å². The Morgan fingerprint density at radius 3 is 2.60 bits per heavy atom. The van der Waals surface area contributed by atoms with Crippen LogP contribution >= 0.6 is 11.6 Å². The molecule has 0 fully saturated rings. The predicted molar refractivity (Wildman–Crippen MR) is 77.2 cm³/mol. The van der Waals surface area contributed by atoms with Crippen LogP contribution in [0.5, 0.6) is 11.8 Å². The molecular formula is C14H16ClN3O2. The first-order valence-corrected chi connectivity index (χ1v) is 6.78. The van der Waals surface area contributed by atoms with Crippen molar-refractivity contribution in [3.8, 4) is 23.1 Å². The Balaban J connectivity index is 2.45. The highest BCUT2D eigenvalue weighted by Gasteiger charge is 2.13. The van der Waals surface area contributed by atoms with Gasteiger partial charge < -0.3 is 9.47 Å². The smallest absolute Gasteiger partial charge is 0.321 e. The molecular weight excluding hydrogens is 278 g/mol. The van der Waals surface area contributed by atoms with Gasteiger partial charge in [0, 0.05) is 0 Å². The second-order valence-corrected chi connectivity index (χ2v) is 4.64. The van der Waals surface area contributed by atoms with E-state index in [-0.39, 0.29) is 17.4 Å². The fraction of sp³-hybridized carbons (Fsp3) is 0.357. The molecule has 2 aromatic rings. The molecule has 0 aliphatic heterocycles. The van der Waals surface area contributed by atoms with E-state index in [4.69, 9.17) is 21.1 Å². The van der Waals surface area contributed by atoms with Crippen molar-refractivity contribution in [1.82, 2.24) is 15.0 Å². The Morgan fingerprint density at radius 2 is 1.90 bits per heavy atom. The maximum atomic E-state index is 5.91. The maximum Gasteiger partial charge on any atom is 0.321 e. The Bertz CT molecular complexity index is 590. The fourth-order valence-corrected chi connectivity index (χ4v) is 1.81. The number of rotatable bonds is 5. The van der Waals surface area contributed by atoms with Gasteiger partial charge in [0.05, 0.1) is 18.3 Å². The summed E-state index contributed by atoms with van der Waals surface area (Å²) in [5, 5.41) is 0.0952. The van der Waals surface area contributed by atoms with E-state index in [1.807, 2.05) is 45.0 Å². The average Bonchev–Trinajstić information content (AvgIpc) is 2.38. The van der Waals surface area contributed by atoms with E-state index in [9.17, 15) is 0 Å². The number of hydrogen-bond acceptors (Lipinski definition) is 5. The predicted octanol–water partition coefficient (Wildman–Crippen LogP) is 3.38. The minimum Gasteiger partial charge on any atom is -0.490 e. The highest BCUT2D eigenvalue weighted by atomic mass is 35.5. The van der Waals surface area contributed by atoms with Crippen molar-refractivity contribution >= 4 is 11.6 Å². The van der Waals surface area contributed by atoms with Crippen LogP contribution in [-0.2, 0) is 0 Å². The monoisotopic (exact) mass is 293 g/mol. The number of benzene rings is 1. The number of aromatic nitrogens is 3. The molecule has 0 radical (unpaired) electrons. The van der Waals surface area contributed by atoms with Crippen LogP contribution in [0.15, 0.2) is 24.3 Å². The van der Waals surface area contributed by atoms with E-state index in [1.54, 1.807) is 0 Å². The second-order valence-electron chi connectivity index (χ2n) is 4.31. The standard InChI is InChI=1S/C14H16ClN3O2/c1-4-19-14-17-12(16-13(15)18-14)10-7-5-6-8-11(10)20-9(2)3/h5-9H,4H2,1-3H3. The molecule has 106 valence electrons. The number of para-hydroxylation sites is 1. The van der Waals surface area contributed by atoms with Crippen molar-refractivity contribution in [2.75, 3.05) is 6.61 Å². The molecule has 0 unspecified atom stereocenters. The van der Waals surface area contributed by atoms with Crippen molar-refractivity contribution in [2.45, 2.75) is 26.9 Å². The Labute approximate surface area is 123 Å². The highest BCUT2D eigenvalue weighted by Crippen LogP contribution is 2.29. The molecule has 0 saturated heterocycles. The summed E-state index contributed by atoms with van der Waals surface area (Å²) < 4.78 is 11.0. The SMILES string of the molecule is CCOc1nc(Cl)nc(-c2ccccc2OC(C)C)n1. The number of halogens is 1. The van der Waals surface area contributed by atoms with Gasteiger partial charge in [-0.05, 0) is 44.5 Å². The molecule has 0 bridgehead atoms. The molecule has 0 aliphatic carbocycles. The van der Waals surface area contributed by atoms with E-state index in [0.29, 0.717) is 18.2 Å². The number of hydrogen-bond donors (Lipinski definition) is 0. The quantitative estimate of drug-likeness (QED) is 0.846. The lowest BCUT2D eigenvalue weighted by Crippen LogP contribution is -2.07. The third kappa shape index (κ3) is 3.57. The lowest BCUT2D eigenvalue weighted by molar-refractivity contribution is 0.243. The third-order valence-electron chi connectivity index (χ3n) is 2.35. The number of ether oxygens (including phenoxy) is 2. The Kier molecular flexibility index (Phi) is 4.74. The van der Waals surface area contributed by atoms with Crippen molar-refractivity contribution in [1.29, 1.82) is 0 Å². The third-order valence-corrected chi connectivity index (χ3v) is 2.52. The van der Waals surface area contributed by atoms with Crippen LogP contribution in [0, 0.1) is 0 Å². The highest BCUT2D eigenvalue weighted by molar-refractivity contribution is 6.28. The van der Waals surface area contributed by atoms with Gasteiger partial charge in [-0.3, -0.25) is 0 Å². The van der Waals surface area contributed by atoms with E-state index in [1.165, 1.54) is 0 Å². The minimum atomic E-state index is 0.0554. The zero-order chi connectivity index (χ0) is 14.5. The van der Waals surface area contributed by atoms with Gasteiger partial charge in [-0.1, -0.05) is 12.1 Å². The van der Waals surface area contributed by atoms with E-state index in [2.05, 4.69) is 15.0 Å². The molecule has 0 atom stereocenters. The molecule has 0 amide bonds. The minimum absolute atomic E-state index is 0.0554. The van der Waals surface area contributed by atoms with E-state index >= 15 is 0 Å². The molecule has 1 aromatic heterocycles. The van der Waals surface area contributed by atoms with Crippen LogP contribution < -0.4 is 9.47 Å². The van der Waals surface area contributed by atoms with Crippen LogP contribution in [0.25, 0.3) is 11.4 Å². The van der Waals surface area contributed by atoms with Gasteiger partial charge >= 0.3 is 6.01 Å². The lowest BCUT2D eigenvalue weighted by Gasteiger charge is -2.13. The van der Waals surface area contributed by atoms with Gasteiger partial charge in [0.1, 0.15) is 5.75 Å². The van der Waals surface area contributed by atoms with Crippen LogP contribution in [0.3, 0.4) is 0 Å². The van der Waals surface area contributed by atoms with Crippen molar-refractivity contribution < 1.29 is 9.47 Å². The molecule has 20 heavy (non-hydrogen) atoms. The first-order valence-electron chi connectivity index (χ1n) is 6.40. The normalized spacial score (nSPS) is 10.7. The number of nitrogens with zero attached hydrogens (tertiary/aromatic N) is 3. The van der Waals surface area contributed by atoms with Gasteiger partial charge in [-0.15, -0.1) is 0 Å². The zero-order valence-electron chi connectivity index (χ0n) is 11.6. The fourth-order valence-electron chi connectivity index (χ4n) is 1.65. The van der Waals surface area contributed by atoms with Gasteiger partial charge in [0.15, 0.2) is 5.82 Å². The van der Waals surface area contributed by atoms with Gasteiger partial charge in [0.2, 0.25) is 5.28 Å². The summed E-state index contributed by atoms with van der Waals surface area (Å²) in [4.78, 5) is 12.3. The molecule has 1 heterocycles. The molecule has 2 rings (SSSR count). The Hall–Kier alpha value is -1.88. The molecule has 0 N–H and O–H groups in total. The average molecular weight is 294 g/mol. The van der Waals surface area contributed by atoms with Crippen LogP contribution in [0.4, 0.5) is 0 Å². The zero-order valence-corrected chi connectivity index (χ0v) is 12.4. The topological polar surface area (TPSA) is 57.1 Å².